The summed E-state index contributed by atoms with van der Waals surface area (Å²) in [6, 6.07) is 23.3. The second-order valence-corrected chi connectivity index (χ2v) is 10.6. The Kier molecular flexibility index (Phi) is 8.63. The molecule has 0 saturated carbocycles. The van der Waals surface area contributed by atoms with Crippen LogP contribution in [0.5, 0.6) is 5.75 Å². The van der Waals surface area contributed by atoms with Crippen LogP contribution < -0.4 is 14.4 Å². The lowest BCUT2D eigenvalue weighted by atomic mass is 10.0. The molecule has 7 nitrogen and oxygen atoms in total. The maximum absolute atomic E-state index is 13.6. The van der Waals surface area contributed by atoms with E-state index in [1.165, 1.54) is 54.6 Å². The van der Waals surface area contributed by atoms with Gasteiger partial charge in [0.25, 0.3) is 10.0 Å². The molecular weight excluding hydrogens is 543 g/mol. The normalized spacial score (nSPS) is 11.1. The summed E-state index contributed by atoms with van der Waals surface area (Å²) in [6.45, 7) is 1.56. The number of rotatable bonds is 10. The minimum atomic E-state index is -4.26. The quantitative estimate of drug-likeness (QED) is 0.240. The Labute approximate surface area is 230 Å². The molecule has 0 aliphatic heterocycles. The second kappa shape index (κ2) is 12.1. The van der Waals surface area contributed by atoms with Crippen molar-refractivity contribution in [1.29, 1.82) is 0 Å². The zero-order valence-electron chi connectivity index (χ0n) is 20.8. The highest BCUT2D eigenvalue weighted by Gasteiger charge is 2.28. The average Bonchev–Trinajstić information content (AvgIpc) is 2.94. The fourth-order valence-electron chi connectivity index (χ4n) is 3.80. The number of nitrogens with zero attached hydrogens (tertiary/aromatic N) is 1. The van der Waals surface area contributed by atoms with E-state index < -0.39 is 28.3 Å². The molecule has 39 heavy (non-hydrogen) atoms. The fourth-order valence-corrected chi connectivity index (χ4v) is 5.40. The summed E-state index contributed by atoms with van der Waals surface area (Å²) in [4.78, 5) is 26.3. The second-order valence-electron chi connectivity index (χ2n) is 8.33. The van der Waals surface area contributed by atoms with Gasteiger partial charge in [0, 0.05) is 16.1 Å². The van der Waals surface area contributed by atoms with E-state index in [1.807, 2.05) is 0 Å². The molecule has 4 aromatic rings. The third kappa shape index (κ3) is 6.63. The zero-order valence-corrected chi connectivity index (χ0v) is 22.4. The number of ketones is 1. The molecule has 4 aromatic carbocycles. The van der Waals surface area contributed by atoms with Crippen molar-refractivity contribution >= 4 is 44.7 Å². The first kappa shape index (κ1) is 27.8. The number of hydrogen-bond acceptors (Lipinski definition) is 5. The van der Waals surface area contributed by atoms with Crippen LogP contribution in [0.2, 0.25) is 5.02 Å². The number of nitrogens with one attached hydrogen (secondary N) is 1. The van der Waals surface area contributed by atoms with Gasteiger partial charge in [0.15, 0.2) is 5.78 Å². The predicted molar refractivity (Wildman–Crippen MR) is 148 cm³/mol. The Morgan fingerprint density at radius 3 is 2.23 bits per heavy atom. The number of amides is 1. The Balaban J connectivity index is 1.65. The lowest BCUT2D eigenvalue weighted by Crippen LogP contribution is -2.38. The van der Waals surface area contributed by atoms with Gasteiger partial charge in [-0.15, -0.1) is 0 Å². The zero-order chi connectivity index (χ0) is 28.0. The van der Waals surface area contributed by atoms with Crippen LogP contribution in [0.25, 0.3) is 0 Å². The molecule has 10 heteroatoms. The van der Waals surface area contributed by atoms with Gasteiger partial charge in [-0.1, -0.05) is 41.9 Å². The van der Waals surface area contributed by atoms with E-state index in [0.29, 0.717) is 22.9 Å². The number of carbonyl (C=O) groups excluding carboxylic acids is 2. The number of benzene rings is 4. The summed E-state index contributed by atoms with van der Waals surface area (Å²) in [7, 11) is -4.26. The molecule has 0 bridgehead atoms. The number of sulfonamides is 1. The molecule has 0 spiro atoms. The Hall–Kier alpha value is -4.21. The summed E-state index contributed by atoms with van der Waals surface area (Å²) in [5, 5.41) is 2.92. The van der Waals surface area contributed by atoms with Gasteiger partial charge in [0.05, 0.1) is 22.9 Å². The average molecular weight is 567 g/mol. The van der Waals surface area contributed by atoms with Crippen molar-refractivity contribution in [3.05, 3.63) is 119 Å². The smallest absolute Gasteiger partial charge is 0.264 e. The molecule has 0 saturated heterocycles. The van der Waals surface area contributed by atoms with Crippen LogP contribution in [0.3, 0.4) is 0 Å². The van der Waals surface area contributed by atoms with Gasteiger partial charge in [-0.3, -0.25) is 13.9 Å². The highest BCUT2D eigenvalue weighted by Crippen LogP contribution is 2.27. The van der Waals surface area contributed by atoms with Crippen LogP contribution in [-0.2, 0) is 14.8 Å². The number of anilines is 2. The molecule has 0 aliphatic rings. The summed E-state index contributed by atoms with van der Waals surface area (Å²) < 4.78 is 47.1. The highest BCUT2D eigenvalue weighted by atomic mass is 35.5. The monoisotopic (exact) mass is 566 g/mol. The Morgan fingerprint density at radius 2 is 1.59 bits per heavy atom. The van der Waals surface area contributed by atoms with Gasteiger partial charge in [0.2, 0.25) is 5.91 Å². The molecule has 0 unspecified atom stereocenters. The van der Waals surface area contributed by atoms with Gasteiger partial charge in [-0.05, 0) is 73.7 Å². The minimum absolute atomic E-state index is 0.0807. The summed E-state index contributed by atoms with van der Waals surface area (Å²) >= 11 is 6.13. The standard InChI is InChI=1S/C29H24ClFN2O5S/c1-2-38-24-13-15-25(16-14-24)39(36,37)33(23-11-9-22(31)10-12-23)19-28(34)32-27-17-8-21(30)18-26(27)29(35)20-6-4-3-5-7-20/h3-18H,2,19H2,1H3,(H,32,34). The van der Waals surface area contributed by atoms with Crippen LogP contribution in [0.15, 0.2) is 102 Å². The number of carbonyl (C=O) groups is 2. The topological polar surface area (TPSA) is 92.8 Å². The van der Waals surface area contributed by atoms with E-state index in [1.54, 1.807) is 37.3 Å². The van der Waals surface area contributed by atoms with Gasteiger partial charge in [0.1, 0.15) is 18.1 Å². The minimum Gasteiger partial charge on any atom is -0.494 e. The first-order valence-electron chi connectivity index (χ1n) is 11.9. The van der Waals surface area contributed by atoms with Crippen LogP contribution >= 0.6 is 11.6 Å². The van der Waals surface area contributed by atoms with E-state index in [-0.39, 0.29) is 27.6 Å². The van der Waals surface area contributed by atoms with Gasteiger partial charge >= 0.3 is 0 Å². The molecular formula is C29H24ClFN2O5S. The SMILES string of the molecule is CCOc1ccc(S(=O)(=O)N(CC(=O)Nc2ccc(Cl)cc2C(=O)c2ccccc2)c2ccc(F)cc2)cc1. The van der Waals surface area contributed by atoms with Crippen molar-refractivity contribution in [2.75, 3.05) is 22.8 Å². The molecule has 1 N–H and O–H groups in total. The van der Waals surface area contributed by atoms with Crippen molar-refractivity contribution in [2.24, 2.45) is 0 Å². The molecule has 200 valence electrons. The Morgan fingerprint density at radius 1 is 0.923 bits per heavy atom. The van der Waals surface area contributed by atoms with Gasteiger partial charge in [-0.2, -0.15) is 0 Å². The maximum atomic E-state index is 13.6. The number of hydrogen-bond donors (Lipinski definition) is 1. The molecule has 0 atom stereocenters. The highest BCUT2D eigenvalue weighted by molar-refractivity contribution is 7.92. The van der Waals surface area contributed by atoms with Crippen LogP contribution in [0.1, 0.15) is 22.8 Å². The molecule has 1 amide bonds. The van der Waals surface area contributed by atoms with Crippen LogP contribution in [-0.4, -0.2) is 33.3 Å². The first-order valence-corrected chi connectivity index (χ1v) is 13.7. The predicted octanol–water partition coefficient (Wildman–Crippen LogP) is 5.94. The largest absolute Gasteiger partial charge is 0.494 e. The molecule has 0 fully saturated rings. The van der Waals surface area contributed by atoms with E-state index in [2.05, 4.69) is 5.32 Å². The molecule has 0 aromatic heterocycles. The summed E-state index contributed by atoms with van der Waals surface area (Å²) in [5.74, 6) is -1.17. The molecule has 0 aliphatic carbocycles. The third-order valence-electron chi connectivity index (χ3n) is 5.66. The van der Waals surface area contributed by atoms with Crippen LogP contribution in [0, 0.1) is 5.82 Å². The van der Waals surface area contributed by atoms with Crippen molar-refractivity contribution in [3.8, 4) is 5.75 Å². The molecule has 4 rings (SSSR count). The van der Waals surface area contributed by atoms with Crippen molar-refractivity contribution < 1.29 is 27.1 Å². The lowest BCUT2D eigenvalue weighted by Gasteiger charge is -2.24. The van der Waals surface area contributed by atoms with Crippen molar-refractivity contribution in [2.45, 2.75) is 11.8 Å². The van der Waals surface area contributed by atoms with E-state index >= 15 is 0 Å². The van der Waals surface area contributed by atoms with Gasteiger partial charge in [-0.25, -0.2) is 12.8 Å². The number of halogens is 2. The molecule has 0 radical (unpaired) electrons. The summed E-state index contributed by atoms with van der Waals surface area (Å²) in [5.41, 5.74) is 0.777. The number of ether oxygens (including phenoxy) is 1. The van der Waals surface area contributed by atoms with Gasteiger partial charge < -0.3 is 10.1 Å². The van der Waals surface area contributed by atoms with E-state index in [4.69, 9.17) is 16.3 Å². The van der Waals surface area contributed by atoms with Crippen molar-refractivity contribution in [3.63, 3.8) is 0 Å². The maximum Gasteiger partial charge on any atom is 0.264 e. The third-order valence-corrected chi connectivity index (χ3v) is 7.68. The fraction of sp³-hybridized carbons (Fsp3) is 0.103. The molecule has 0 heterocycles. The Bertz CT molecular complexity index is 1580. The lowest BCUT2D eigenvalue weighted by molar-refractivity contribution is -0.114. The van der Waals surface area contributed by atoms with Crippen LogP contribution in [0.4, 0.5) is 15.8 Å². The van der Waals surface area contributed by atoms with Crippen molar-refractivity contribution in [1.82, 2.24) is 0 Å². The van der Waals surface area contributed by atoms with E-state index in [9.17, 15) is 22.4 Å². The first-order chi connectivity index (χ1) is 18.7. The summed E-state index contributed by atoms with van der Waals surface area (Å²) in [6.07, 6.45) is 0. The van der Waals surface area contributed by atoms with E-state index in [0.717, 1.165) is 16.4 Å².